The summed E-state index contributed by atoms with van der Waals surface area (Å²) in [6.45, 7) is 1.79. The first kappa shape index (κ1) is 12.9. The summed E-state index contributed by atoms with van der Waals surface area (Å²) in [4.78, 5) is 15.8. The molecule has 94 valence electrons. The maximum absolute atomic E-state index is 11.8. The van der Waals surface area contributed by atoms with Crippen molar-refractivity contribution in [2.24, 2.45) is 0 Å². The van der Waals surface area contributed by atoms with Crippen LogP contribution in [0, 0.1) is 0 Å². The van der Waals surface area contributed by atoms with Gasteiger partial charge in [0.1, 0.15) is 6.04 Å². The molecule has 0 aliphatic heterocycles. The summed E-state index contributed by atoms with van der Waals surface area (Å²) in [5.41, 5.74) is 0.848. The third-order valence-corrected chi connectivity index (χ3v) is 3.22. The Bertz CT molecular complexity index is 513. The van der Waals surface area contributed by atoms with Crippen LogP contribution in [0.5, 0.6) is 0 Å². The molecule has 2 N–H and O–H groups in total. The average molecular weight is 282 g/mol. The quantitative estimate of drug-likeness (QED) is 0.905. The van der Waals surface area contributed by atoms with Gasteiger partial charge in [0.25, 0.3) is 0 Å². The summed E-state index contributed by atoms with van der Waals surface area (Å²) in [6, 6.07) is 6.85. The van der Waals surface area contributed by atoms with Gasteiger partial charge in [-0.15, -0.1) is 11.3 Å². The standard InChI is InChI=1S/C12H12ClN3OS/c1-8(11(17)16-12-14-6-7-18-12)15-10-4-2-9(13)3-5-10/h2-8,15H,1H3,(H,14,16,17)/t8-/m0/s1. The monoisotopic (exact) mass is 281 g/mol. The van der Waals surface area contributed by atoms with Gasteiger partial charge in [0.15, 0.2) is 5.13 Å². The van der Waals surface area contributed by atoms with E-state index in [9.17, 15) is 4.79 Å². The first-order valence-corrected chi connectivity index (χ1v) is 6.63. The number of carbonyl (C=O) groups is 1. The largest absolute Gasteiger partial charge is 0.374 e. The maximum atomic E-state index is 11.8. The predicted octanol–water partition coefficient (Wildman–Crippen LogP) is 3.24. The number of nitrogens with zero attached hydrogens (tertiary/aromatic N) is 1. The number of amides is 1. The Morgan fingerprint density at radius 1 is 1.39 bits per heavy atom. The molecule has 0 aliphatic rings. The van der Waals surface area contributed by atoms with E-state index in [1.165, 1.54) is 11.3 Å². The molecule has 1 heterocycles. The van der Waals surface area contributed by atoms with Gasteiger partial charge in [0.05, 0.1) is 0 Å². The molecule has 1 aromatic heterocycles. The van der Waals surface area contributed by atoms with Crippen molar-refractivity contribution in [3.05, 3.63) is 40.9 Å². The van der Waals surface area contributed by atoms with Crippen molar-refractivity contribution in [2.45, 2.75) is 13.0 Å². The minimum atomic E-state index is -0.352. The van der Waals surface area contributed by atoms with E-state index in [2.05, 4.69) is 15.6 Å². The van der Waals surface area contributed by atoms with Gasteiger partial charge in [0.2, 0.25) is 5.91 Å². The second kappa shape index (κ2) is 5.84. The molecular formula is C12H12ClN3OS. The SMILES string of the molecule is C[C@H](Nc1ccc(Cl)cc1)C(=O)Nc1nccs1. The molecule has 1 amide bonds. The van der Waals surface area contributed by atoms with Gasteiger partial charge in [-0.1, -0.05) is 11.6 Å². The summed E-state index contributed by atoms with van der Waals surface area (Å²) >= 11 is 7.18. The lowest BCUT2D eigenvalue weighted by Crippen LogP contribution is -2.31. The average Bonchev–Trinajstić information content (AvgIpc) is 2.85. The van der Waals surface area contributed by atoms with Crippen molar-refractivity contribution in [3.63, 3.8) is 0 Å². The highest BCUT2D eigenvalue weighted by Gasteiger charge is 2.13. The van der Waals surface area contributed by atoms with Crippen molar-refractivity contribution >= 4 is 39.7 Å². The van der Waals surface area contributed by atoms with Gasteiger partial charge >= 0.3 is 0 Å². The Morgan fingerprint density at radius 2 is 2.11 bits per heavy atom. The lowest BCUT2D eigenvalue weighted by Gasteiger charge is -2.14. The third kappa shape index (κ3) is 3.45. The number of nitrogens with one attached hydrogen (secondary N) is 2. The van der Waals surface area contributed by atoms with E-state index in [4.69, 9.17) is 11.6 Å². The lowest BCUT2D eigenvalue weighted by molar-refractivity contribution is -0.116. The highest BCUT2D eigenvalue weighted by atomic mass is 35.5. The number of aromatic nitrogens is 1. The van der Waals surface area contributed by atoms with Gasteiger partial charge in [0, 0.05) is 22.3 Å². The predicted molar refractivity (Wildman–Crippen MR) is 75.3 cm³/mol. The highest BCUT2D eigenvalue weighted by molar-refractivity contribution is 7.13. The number of halogens is 1. The molecule has 18 heavy (non-hydrogen) atoms. The number of carbonyl (C=O) groups excluding carboxylic acids is 1. The highest BCUT2D eigenvalue weighted by Crippen LogP contribution is 2.15. The van der Waals surface area contributed by atoms with Crippen LogP contribution in [0.1, 0.15) is 6.92 Å². The summed E-state index contributed by atoms with van der Waals surface area (Å²) in [6.07, 6.45) is 1.65. The fraction of sp³-hybridized carbons (Fsp3) is 0.167. The molecule has 0 radical (unpaired) electrons. The van der Waals surface area contributed by atoms with E-state index in [1.54, 1.807) is 25.3 Å². The molecule has 0 saturated heterocycles. The van der Waals surface area contributed by atoms with Gasteiger partial charge in [-0.25, -0.2) is 4.98 Å². The number of anilines is 2. The zero-order chi connectivity index (χ0) is 13.0. The van der Waals surface area contributed by atoms with Gasteiger partial charge in [-0.2, -0.15) is 0 Å². The number of hydrogen-bond donors (Lipinski definition) is 2. The molecule has 1 atom stereocenters. The van der Waals surface area contributed by atoms with Crippen LogP contribution in [-0.4, -0.2) is 16.9 Å². The first-order valence-electron chi connectivity index (χ1n) is 5.37. The summed E-state index contributed by atoms with van der Waals surface area (Å²) in [5, 5.41) is 8.90. The molecule has 0 saturated carbocycles. The Hall–Kier alpha value is -1.59. The number of hydrogen-bond acceptors (Lipinski definition) is 4. The van der Waals surface area contributed by atoms with E-state index >= 15 is 0 Å². The molecule has 4 nitrogen and oxygen atoms in total. The van der Waals surface area contributed by atoms with Crippen molar-refractivity contribution in [2.75, 3.05) is 10.6 Å². The van der Waals surface area contributed by atoms with Crippen LogP contribution >= 0.6 is 22.9 Å². The van der Waals surface area contributed by atoms with E-state index in [-0.39, 0.29) is 11.9 Å². The van der Waals surface area contributed by atoms with Crippen molar-refractivity contribution in [1.82, 2.24) is 4.98 Å². The number of thiazole rings is 1. The van der Waals surface area contributed by atoms with Gasteiger partial charge in [-0.05, 0) is 31.2 Å². The van der Waals surface area contributed by atoms with Crippen molar-refractivity contribution < 1.29 is 4.79 Å². The lowest BCUT2D eigenvalue weighted by atomic mass is 10.2. The molecule has 2 rings (SSSR count). The minimum absolute atomic E-state index is 0.125. The fourth-order valence-corrected chi connectivity index (χ4v) is 2.02. The summed E-state index contributed by atoms with van der Waals surface area (Å²) in [7, 11) is 0. The van der Waals surface area contributed by atoms with Crippen molar-refractivity contribution in [3.8, 4) is 0 Å². The van der Waals surface area contributed by atoms with Gasteiger partial charge < -0.3 is 10.6 Å². The maximum Gasteiger partial charge on any atom is 0.248 e. The fourth-order valence-electron chi connectivity index (χ4n) is 1.36. The molecule has 0 unspecified atom stereocenters. The van der Waals surface area contributed by atoms with E-state index in [0.717, 1.165) is 5.69 Å². The Kier molecular flexibility index (Phi) is 4.17. The van der Waals surface area contributed by atoms with Crippen LogP contribution in [0.3, 0.4) is 0 Å². The molecule has 0 fully saturated rings. The van der Waals surface area contributed by atoms with E-state index in [0.29, 0.717) is 10.2 Å². The number of rotatable bonds is 4. The Morgan fingerprint density at radius 3 is 2.72 bits per heavy atom. The molecular weight excluding hydrogens is 270 g/mol. The Labute approximate surface area is 114 Å². The van der Waals surface area contributed by atoms with Crippen LogP contribution in [0.4, 0.5) is 10.8 Å². The molecule has 0 aliphatic carbocycles. The zero-order valence-electron chi connectivity index (χ0n) is 9.68. The second-order valence-electron chi connectivity index (χ2n) is 3.70. The second-order valence-corrected chi connectivity index (χ2v) is 5.03. The zero-order valence-corrected chi connectivity index (χ0v) is 11.3. The molecule has 6 heteroatoms. The Balaban J connectivity index is 1.93. The summed E-state index contributed by atoms with van der Waals surface area (Å²) < 4.78 is 0. The van der Waals surface area contributed by atoms with E-state index in [1.807, 2.05) is 17.5 Å². The van der Waals surface area contributed by atoms with E-state index < -0.39 is 0 Å². The first-order chi connectivity index (χ1) is 8.65. The van der Waals surface area contributed by atoms with Crippen LogP contribution in [0.25, 0.3) is 0 Å². The third-order valence-electron chi connectivity index (χ3n) is 2.28. The smallest absolute Gasteiger partial charge is 0.248 e. The van der Waals surface area contributed by atoms with Gasteiger partial charge in [-0.3, -0.25) is 4.79 Å². The molecule has 2 aromatic rings. The van der Waals surface area contributed by atoms with Crippen molar-refractivity contribution in [1.29, 1.82) is 0 Å². The normalized spacial score (nSPS) is 11.9. The molecule has 1 aromatic carbocycles. The van der Waals surface area contributed by atoms with Crippen LogP contribution < -0.4 is 10.6 Å². The van der Waals surface area contributed by atoms with Crippen LogP contribution in [0.15, 0.2) is 35.8 Å². The minimum Gasteiger partial charge on any atom is -0.374 e. The summed E-state index contributed by atoms with van der Waals surface area (Å²) in [5.74, 6) is -0.125. The number of benzene rings is 1. The topological polar surface area (TPSA) is 54.0 Å². The molecule has 0 bridgehead atoms. The van der Waals surface area contributed by atoms with Crippen LogP contribution in [-0.2, 0) is 4.79 Å². The van der Waals surface area contributed by atoms with Crippen LogP contribution in [0.2, 0.25) is 5.02 Å². The molecule has 0 spiro atoms.